The van der Waals surface area contributed by atoms with Crippen LogP contribution in [0.3, 0.4) is 0 Å². The summed E-state index contributed by atoms with van der Waals surface area (Å²) in [6.07, 6.45) is -4.96. The minimum Gasteiger partial charge on any atom is -0.265 e. The van der Waals surface area contributed by atoms with E-state index in [0.29, 0.717) is 6.07 Å². The highest BCUT2D eigenvalue weighted by atomic mass is 32.2. The Morgan fingerprint density at radius 2 is 1.46 bits per heavy atom. The van der Waals surface area contributed by atoms with Crippen LogP contribution in [0.1, 0.15) is 11.3 Å². The zero-order chi connectivity index (χ0) is 25.4. The molecule has 1 aromatic carbocycles. The highest BCUT2D eigenvalue weighted by Crippen LogP contribution is 2.35. The van der Waals surface area contributed by atoms with Crippen molar-refractivity contribution in [2.45, 2.75) is 22.1 Å². The molecule has 0 saturated carbocycles. The van der Waals surface area contributed by atoms with Gasteiger partial charge in [-0.25, -0.2) is 18.4 Å². The van der Waals surface area contributed by atoms with E-state index in [2.05, 4.69) is 19.9 Å². The fraction of sp³-hybridized carbons (Fsp3) is 0.0909. The number of aromatic nitrogens is 4. The predicted octanol–water partition coefficient (Wildman–Crippen LogP) is 5.47. The van der Waals surface area contributed by atoms with Crippen molar-refractivity contribution in [2.75, 3.05) is 0 Å². The average Bonchev–Trinajstić information content (AvgIpc) is 2.83. The Hall–Kier alpha value is -3.87. The maximum absolute atomic E-state index is 13.3. The van der Waals surface area contributed by atoms with Gasteiger partial charge in [0.15, 0.2) is 5.82 Å². The molecule has 0 aliphatic rings. The van der Waals surface area contributed by atoms with Crippen LogP contribution in [-0.4, -0.2) is 28.4 Å². The molecule has 13 heteroatoms. The van der Waals surface area contributed by atoms with Crippen molar-refractivity contribution < 1.29 is 34.8 Å². The highest BCUT2D eigenvalue weighted by molar-refractivity contribution is 7.91. The van der Waals surface area contributed by atoms with Crippen LogP contribution in [0.4, 0.5) is 26.3 Å². The molecule has 0 atom stereocenters. The molecule has 0 fully saturated rings. The van der Waals surface area contributed by atoms with E-state index >= 15 is 0 Å². The molecule has 0 aliphatic carbocycles. The summed E-state index contributed by atoms with van der Waals surface area (Å²) >= 11 is 0. The number of hydrogen-bond acceptors (Lipinski definition) is 6. The topological polar surface area (TPSA) is 85.7 Å². The number of halogens is 6. The molecule has 0 amide bonds. The first-order chi connectivity index (χ1) is 16.4. The Morgan fingerprint density at radius 1 is 0.743 bits per heavy atom. The molecule has 0 spiro atoms. The minimum atomic E-state index is -4.77. The average molecular weight is 510 g/mol. The third-order valence-electron chi connectivity index (χ3n) is 4.78. The fourth-order valence-electron chi connectivity index (χ4n) is 3.08. The zero-order valence-corrected chi connectivity index (χ0v) is 18.0. The molecule has 0 N–H and O–H groups in total. The van der Waals surface area contributed by atoms with Gasteiger partial charge >= 0.3 is 12.4 Å². The summed E-state index contributed by atoms with van der Waals surface area (Å²) in [4.78, 5) is 14.2. The largest absolute Gasteiger partial charge is 0.433 e. The second-order valence-corrected chi connectivity index (χ2v) is 9.02. The molecule has 3 heterocycles. The monoisotopic (exact) mass is 510 g/mol. The van der Waals surface area contributed by atoms with E-state index < -0.39 is 43.2 Å². The van der Waals surface area contributed by atoms with Crippen molar-refractivity contribution in [3.8, 4) is 22.6 Å². The Morgan fingerprint density at radius 3 is 2.06 bits per heavy atom. The second kappa shape index (κ2) is 8.73. The Kier molecular flexibility index (Phi) is 6.05. The van der Waals surface area contributed by atoms with Crippen LogP contribution in [0.5, 0.6) is 0 Å². The molecular formula is C22H12F6N4O2S. The first kappa shape index (κ1) is 24.3. The lowest BCUT2D eigenvalue weighted by Gasteiger charge is -2.13. The van der Waals surface area contributed by atoms with E-state index in [4.69, 9.17) is 0 Å². The van der Waals surface area contributed by atoms with Crippen molar-refractivity contribution in [2.24, 2.45) is 0 Å². The van der Waals surface area contributed by atoms with Gasteiger partial charge in [-0.05, 0) is 42.5 Å². The first-order valence-corrected chi connectivity index (χ1v) is 11.1. The van der Waals surface area contributed by atoms with E-state index in [-0.39, 0.29) is 22.6 Å². The van der Waals surface area contributed by atoms with Crippen molar-refractivity contribution in [3.63, 3.8) is 0 Å². The minimum absolute atomic E-state index is 0.0660. The van der Waals surface area contributed by atoms with Crippen molar-refractivity contribution in [3.05, 3.63) is 84.6 Å². The quantitative estimate of drug-likeness (QED) is 0.339. The second-order valence-electron chi connectivity index (χ2n) is 7.10. The fourth-order valence-corrected chi connectivity index (χ4v) is 4.49. The molecule has 0 saturated heterocycles. The summed E-state index contributed by atoms with van der Waals surface area (Å²) in [5.41, 5.74) is -2.16. The van der Waals surface area contributed by atoms with Gasteiger partial charge in [0.25, 0.3) is 0 Å². The van der Waals surface area contributed by atoms with E-state index in [9.17, 15) is 34.8 Å². The predicted molar refractivity (Wildman–Crippen MR) is 110 cm³/mol. The van der Waals surface area contributed by atoms with Crippen molar-refractivity contribution >= 4 is 9.84 Å². The summed E-state index contributed by atoms with van der Waals surface area (Å²) in [6.45, 7) is 0. The SMILES string of the molecule is O=S(=O)(c1cccc(C(F)(F)F)c1)c1cnc(-c2ccc(C(F)(F)F)nc2)nc1-c1ccncc1. The van der Waals surface area contributed by atoms with Crippen LogP contribution in [0.25, 0.3) is 22.6 Å². The normalized spacial score (nSPS) is 12.5. The standard InChI is InChI=1S/C22H12F6N4O2S/c23-21(24,25)15-2-1-3-16(10-15)35(33,34)17-12-31-20(32-19(17)13-6-8-29-9-7-13)14-4-5-18(30-11-14)22(26,27)28/h1-12H. The molecule has 0 bridgehead atoms. The maximum atomic E-state index is 13.3. The summed E-state index contributed by atoms with van der Waals surface area (Å²) in [7, 11) is -4.54. The van der Waals surface area contributed by atoms with E-state index in [1.165, 1.54) is 24.5 Å². The Labute approximate surface area is 194 Å². The van der Waals surface area contributed by atoms with Crippen LogP contribution in [0.2, 0.25) is 0 Å². The molecule has 6 nitrogen and oxygen atoms in total. The summed E-state index contributed by atoms with van der Waals surface area (Å²) in [6, 6.07) is 7.84. The molecule has 0 aliphatic heterocycles. The number of pyridine rings is 2. The third kappa shape index (κ3) is 4.99. The number of benzene rings is 1. The first-order valence-electron chi connectivity index (χ1n) is 9.61. The van der Waals surface area contributed by atoms with Gasteiger partial charge in [-0.2, -0.15) is 26.3 Å². The lowest BCUT2D eigenvalue weighted by atomic mass is 10.2. The van der Waals surface area contributed by atoms with Gasteiger partial charge in [0.05, 0.1) is 22.3 Å². The maximum Gasteiger partial charge on any atom is 0.433 e. The smallest absolute Gasteiger partial charge is 0.265 e. The van der Waals surface area contributed by atoms with Gasteiger partial charge in [-0.1, -0.05) is 6.07 Å². The molecule has 4 rings (SSSR count). The summed E-state index contributed by atoms with van der Waals surface area (Å²) in [5.74, 6) is -0.138. The lowest BCUT2D eigenvalue weighted by molar-refractivity contribution is -0.141. The van der Waals surface area contributed by atoms with Gasteiger partial charge in [0.1, 0.15) is 10.6 Å². The summed E-state index contributed by atoms with van der Waals surface area (Å²) < 4.78 is 105. The Bertz CT molecular complexity index is 1470. The number of sulfone groups is 1. The highest BCUT2D eigenvalue weighted by Gasteiger charge is 2.34. The van der Waals surface area contributed by atoms with Crippen molar-refractivity contribution in [1.29, 1.82) is 0 Å². The molecule has 3 aromatic heterocycles. The van der Waals surface area contributed by atoms with Crippen LogP contribution in [-0.2, 0) is 22.2 Å². The van der Waals surface area contributed by atoms with Gasteiger partial charge in [0.2, 0.25) is 9.84 Å². The zero-order valence-electron chi connectivity index (χ0n) is 17.2. The van der Waals surface area contributed by atoms with E-state index in [1.54, 1.807) is 0 Å². The van der Waals surface area contributed by atoms with Crippen LogP contribution >= 0.6 is 0 Å². The molecular weight excluding hydrogens is 498 g/mol. The molecule has 4 aromatic rings. The number of alkyl halides is 6. The van der Waals surface area contributed by atoms with Crippen LogP contribution < -0.4 is 0 Å². The third-order valence-corrected chi connectivity index (χ3v) is 6.53. The van der Waals surface area contributed by atoms with E-state index in [0.717, 1.165) is 42.7 Å². The number of nitrogens with zero attached hydrogens (tertiary/aromatic N) is 4. The van der Waals surface area contributed by atoms with Crippen molar-refractivity contribution in [1.82, 2.24) is 19.9 Å². The molecule has 35 heavy (non-hydrogen) atoms. The molecule has 0 radical (unpaired) electrons. The summed E-state index contributed by atoms with van der Waals surface area (Å²) in [5, 5.41) is 0. The van der Waals surface area contributed by atoms with Gasteiger partial charge in [-0.15, -0.1) is 0 Å². The van der Waals surface area contributed by atoms with Gasteiger partial charge < -0.3 is 0 Å². The number of hydrogen-bond donors (Lipinski definition) is 0. The number of rotatable bonds is 4. The van der Waals surface area contributed by atoms with Gasteiger partial charge in [-0.3, -0.25) is 9.97 Å². The van der Waals surface area contributed by atoms with Gasteiger partial charge in [0, 0.05) is 29.7 Å². The van der Waals surface area contributed by atoms with Crippen LogP contribution in [0.15, 0.2) is 83.1 Å². The van der Waals surface area contributed by atoms with Crippen LogP contribution in [0, 0.1) is 0 Å². The Balaban J connectivity index is 1.87. The molecule has 180 valence electrons. The lowest BCUT2D eigenvalue weighted by Crippen LogP contribution is -2.10. The molecule has 0 unspecified atom stereocenters. The van der Waals surface area contributed by atoms with E-state index in [1.807, 2.05) is 0 Å².